The first-order chi connectivity index (χ1) is 10.6. The Morgan fingerprint density at radius 2 is 1.86 bits per heavy atom. The summed E-state index contributed by atoms with van der Waals surface area (Å²) in [5.74, 6) is -0.890. The van der Waals surface area contributed by atoms with Crippen LogP contribution < -0.4 is 0 Å². The van der Waals surface area contributed by atoms with E-state index in [2.05, 4.69) is 14.7 Å². The van der Waals surface area contributed by atoms with E-state index < -0.39 is 5.97 Å². The minimum Gasteiger partial charge on any atom is -0.505 e. The molecule has 0 aliphatic carbocycles. The maximum atomic E-state index is 11.7. The minimum absolute atomic E-state index is 0.103. The third-order valence-corrected chi connectivity index (χ3v) is 3.98. The highest BCUT2D eigenvalue weighted by Crippen LogP contribution is 2.31. The molecule has 1 aromatic carbocycles. The lowest BCUT2D eigenvalue weighted by Crippen LogP contribution is -2.07. The fourth-order valence-corrected chi connectivity index (χ4v) is 2.80. The monoisotopic (exact) mass is 406 g/mol. The number of carbonyl (C=O) groups is 1. The van der Waals surface area contributed by atoms with Crippen molar-refractivity contribution in [1.29, 1.82) is 0 Å². The summed E-state index contributed by atoms with van der Waals surface area (Å²) in [7, 11) is 1.25. The molecule has 0 atom stereocenters. The van der Waals surface area contributed by atoms with Crippen molar-refractivity contribution in [2.75, 3.05) is 7.11 Å². The molecule has 2 heterocycles. The molecule has 0 radical (unpaired) electrons. The highest BCUT2D eigenvalue weighted by molar-refractivity contribution is 14.1. The average molecular weight is 406 g/mol. The van der Waals surface area contributed by atoms with Gasteiger partial charge in [0.05, 0.1) is 12.8 Å². The molecule has 5 nitrogen and oxygen atoms in total. The van der Waals surface area contributed by atoms with Crippen molar-refractivity contribution in [3.8, 4) is 17.0 Å². The molecule has 2 aromatic heterocycles. The van der Waals surface area contributed by atoms with Crippen molar-refractivity contribution in [3.05, 3.63) is 51.9 Å². The molecule has 110 valence electrons. The van der Waals surface area contributed by atoms with Crippen LogP contribution >= 0.6 is 22.6 Å². The number of aromatic nitrogens is 2. The van der Waals surface area contributed by atoms with E-state index in [0.717, 1.165) is 11.3 Å². The van der Waals surface area contributed by atoms with Crippen molar-refractivity contribution in [1.82, 2.24) is 9.97 Å². The second-order valence-corrected chi connectivity index (χ2v) is 5.57. The Bertz CT molecular complexity index is 866. The van der Waals surface area contributed by atoms with Gasteiger partial charge >= 0.3 is 5.97 Å². The van der Waals surface area contributed by atoms with Gasteiger partial charge in [0, 0.05) is 10.9 Å². The van der Waals surface area contributed by atoms with Crippen molar-refractivity contribution in [3.63, 3.8) is 0 Å². The summed E-state index contributed by atoms with van der Waals surface area (Å²) in [6.07, 6.45) is 0. The standard InChI is InChI=1S/C16H11IN2O3/c1-22-16(21)13-14(20)10-7-8-11(9-5-3-2-4-6-9)18-12(10)15(17)19-13/h2-8,20H,1H3. The smallest absolute Gasteiger partial charge is 0.360 e. The van der Waals surface area contributed by atoms with Crippen molar-refractivity contribution in [2.45, 2.75) is 0 Å². The Balaban J connectivity index is 2.23. The molecule has 1 N–H and O–H groups in total. The van der Waals surface area contributed by atoms with E-state index in [1.807, 2.05) is 52.9 Å². The molecule has 3 rings (SSSR count). The van der Waals surface area contributed by atoms with Gasteiger partial charge in [-0.15, -0.1) is 0 Å². The van der Waals surface area contributed by atoms with Gasteiger partial charge in [0.25, 0.3) is 0 Å². The average Bonchev–Trinajstić information content (AvgIpc) is 2.57. The number of rotatable bonds is 2. The van der Waals surface area contributed by atoms with Crippen LogP contribution in [0.15, 0.2) is 42.5 Å². The van der Waals surface area contributed by atoms with Crippen LogP contribution in [0.5, 0.6) is 5.75 Å². The number of benzene rings is 1. The Morgan fingerprint density at radius 1 is 1.14 bits per heavy atom. The molecule has 0 bridgehead atoms. The maximum Gasteiger partial charge on any atom is 0.360 e. The summed E-state index contributed by atoms with van der Waals surface area (Å²) in [5.41, 5.74) is 2.19. The highest BCUT2D eigenvalue weighted by atomic mass is 127. The summed E-state index contributed by atoms with van der Waals surface area (Å²) in [4.78, 5) is 20.3. The summed E-state index contributed by atoms with van der Waals surface area (Å²) < 4.78 is 5.16. The zero-order valence-electron chi connectivity index (χ0n) is 11.6. The summed E-state index contributed by atoms with van der Waals surface area (Å²) in [6, 6.07) is 13.2. The van der Waals surface area contributed by atoms with Gasteiger partial charge in [-0.25, -0.2) is 14.8 Å². The highest BCUT2D eigenvalue weighted by Gasteiger charge is 2.19. The molecule has 0 unspecified atom stereocenters. The summed E-state index contributed by atoms with van der Waals surface area (Å²) in [6.45, 7) is 0. The molecular formula is C16H11IN2O3. The molecule has 0 saturated carbocycles. The van der Waals surface area contributed by atoms with Crippen LogP contribution in [-0.2, 0) is 4.74 Å². The van der Waals surface area contributed by atoms with Crippen LogP contribution in [0.1, 0.15) is 10.5 Å². The number of hydrogen-bond acceptors (Lipinski definition) is 5. The van der Waals surface area contributed by atoms with Gasteiger partial charge in [-0.3, -0.25) is 0 Å². The summed E-state index contributed by atoms with van der Waals surface area (Å²) >= 11 is 1.99. The van der Waals surface area contributed by atoms with Crippen LogP contribution in [0.4, 0.5) is 0 Å². The van der Waals surface area contributed by atoms with E-state index in [4.69, 9.17) is 0 Å². The Morgan fingerprint density at radius 3 is 2.55 bits per heavy atom. The Labute approximate surface area is 140 Å². The van der Waals surface area contributed by atoms with E-state index in [9.17, 15) is 9.90 Å². The van der Waals surface area contributed by atoms with E-state index in [-0.39, 0.29) is 11.4 Å². The van der Waals surface area contributed by atoms with Crippen LogP contribution in [0.25, 0.3) is 22.2 Å². The largest absolute Gasteiger partial charge is 0.505 e. The first-order valence-electron chi connectivity index (χ1n) is 6.44. The van der Waals surface area contributed by atoms with E-state index in [1.165, 1.54) is 7.11 Å². The molecule has 0 fully saturated rings. The molecule has 0 aliphatic rings. The number of methoxy groups -OCH3 is 1. The first kappa shape index (κ1) is 14.7. The van der Waals surface area contributed by atoms with Gasteiger partial charge in [0.15, 0.2) is 11.4 Å². The number of aromatic hydroxyl groups is 1. The lowest BCUT2D eigenvalue weighted by atomic mass is 10.1. The van der Waals surface area contributed by atoms with Gasteiger partial charge in [-0.2, -0.15) is 0 Å². The number of carbonyl (C=O) groups excluding carboxylic acids is 1. The minimum atomic E-state index is -0.676. The lowest BCUT2D eigenvalue weighted by Gasteiger charge is -2.09. The fourth-order valence-electron chi connectivity index (χ4n) is 2.15. The van der Waals surface area contributed by atoms with Crippen LogP contribution in [0.2, 0.25) is 0 Å². The lowest BCUT2D eigenvalue weighted by molar-refractivity contribution is 0.0590. The Kier molecular flexibility index (Phi) is 3.93. The molecule has 22 heavy (non-hydrogen) atoms. The zero-order chi connectivity index (χ0) is 15.7. The fraction of sp³-hybridized carbons (Fsp3) is 0.0625. The number of fused-ring (bicyclic) bond motifs is 1. The van der Waals surface area contributed by atoms with Gasteiger partial charge in [-0.05, 0) is 34.7 Å². The van der Waals surface area contributed by atoms with Gasteiger partial charge < -0.3 is 9.84 Å². The maximum absolute atomic E-state index is 11.7. The number of halogens is 1. The normalized spacial score (nSPS) is 10.6. The number of hydrogen-bond donors (Lipinski definition) is 1. The second kappa shape index (κ2) is 5.88. The van der Waals surface area contributed by atoms with Crippen molar-refractivity contribution < 1.29 is 14.6 Å². The second-order valence-electron chi connectivity index (χ2n) is 4.55. The van der Waals surface area contributed by atoms with Gasteiger partial charge in [0.1, 0.15) is 9.22 Å². The third-order valence-electron chi connectivity index (χ3n) is 3.23. The predicted octanol–water partition coefficient (Wildman–Crippen LogP) is 3.39. The zero-order valence-corrected chi connectivity index (χ0v) is 13.7. The van der Waals surface area contributed by atoms with Gasteiger partial charge in [0.2, 0.25) is 0 Å². The molecule has 6 heteroatoms. The van der Waals surface area contributed by atoms with Crippen LogP contribution in [-0.4, -0.2) is 28.2 Å². The SMILES string of the molecule is COC(=O)c1nc(I)c2nc(-c3ccccc3)ccc2c1O. The molecule has 0 saturated heterocycles. The van der Waals surface area contributed by atoms with Crippen molar-refractivity contribution >= 4 is 39.5 Å². The van der Waals surface area contributed by atoms with E-state index in [0.29, 0.717) is 14.6 Å². The van der Waals surface area contributed by atoms with E-state index in [1.54, 1.807) is 12.1 Å². The Hall–Kier alpha value is -2.22. The molecule has 0 amide bonds. The quantitative estimate of drug-likeness (QED) is 0.401. The molecule has 0 aliphatic heterocycles. The van der Waals surface area contributed by atoms with Crippen LogP contribution in [0, 0.1) is 3.70 Å². The van der Waals surface area contributed by atoms with Crippen molar-refractivity contribution in [2.24, 2.45) is 0 Å². The molecular weight excluding hydrogens is 395 g/mol. The molecule has 0 spiro atoms. The number of ether oxygens (including phenoxy) is 1. The van der Waals surface area contributed by atoms with Crippen LogP contribution in [0.3, 0.4) is 0 Å². The van der Waals surface area contributed by atoms with E-state index >= 15 is 0 Å². The number of esters is 1. The third kappa shape index (κ3) is 2.50. The number of pyridine rings is 2. The summed E-state index contributed by atoms with van der Waals surface area (Å²) in [5, 5.41) is 10.7. The van der Waals surface area contributed by atoms with Gasteiger partial charge in [-0.1, -0.05) is 30.3 Å². The number of nitrogens with zero attached hydrogens (tertiary/aromatic N) is 2. The topological polar surface area (TPSA) is 72.3 Å². The first-order valence-corrected chi connectivity index (χ1v) is 7.52. The molecule has 3 aromatic rings. The predicted molar refractivity (Wildman–Crippen MR) is 90.7 cm³/mol.